The number of piperazine rings is 1. The number of hydrogen-bond acceptors (Lipinski definition) is 7. The van der Waals surface area contributed by atoms with Crippen molar-refractivity contribution in [3.63, 3.8) is 0 Å². The summed E-state index contributed by atoms with van der Waals surface area (Å²) in [4.78, 5) is 33.4. The van der Waals surface area contributed by atoms with Gasteiger partial charge in [-0.25, -0.2) is 8.42 Å². The fraction of sp³-hybridized carbons (Fsp3) is 0.905. The quantitative estimate of drug-likeness (QED) is 0.467. The monoisotopic (exact) mass is 458 g/mol. The summed E-state index contributed by atoms with van der Waals surface area (Å²) in [5, 5.41) is 0. The topological polar surface area (TPSA) is 90.5 Å². The molecule has 0 aromatic carbocycles. The molecular formula is C21H38N4O5S. The molecule has 0 saturated carbocycles. The number of likely N-dealkylation sites (N-methyl/N-ethyl adjacent to an activating group) is 1. The highest BCUT2D eigenvalue weighted by atomic mass is 32.2. The van der Waals surface area contributed by atoms with Gasteiger partial charge in [0.25, 0.3) is 0 Å². The standard InChI is InChI=1S/C21H38N4O5S/c1-3-24(4-2)20(26)15-22-8-10-23(11-9-22)16-21(27)25(14-19-6-5-12-30-19)18-7-13-31(28,29)17-18/h18-19H,3-17H2,1-2H3. The Labute approximate surface area is 186 Å². The van der Waals surface area contributed by atoms with E-state index in [1.165, 1.54) is 0 Å². The first kappa shape index (κ1) is 24.4. The van der Waals surface area contributed by atoms with E-state index in [-0.39, 0.29) is 35.5 Å². The highest BCUT2D eigenvalue weighted by Crippen LogP contribution is 2.22. The molecule has 2 amide bonds. The van der Waals surface area contributed by atoms with Gasteiger partial charge in [-0.1, -0.05) is 0 Å². The molecule has 0 spiro atoms. The minimum absolute atomic E-state index is 0.00901. The van der Waals surface area contributed by atoms with Crippen LogP contribution in [0.2, 0.25) is 0 Å². The second kappa shape index (κ2) is 11.1. The summed E-state index contributed by atoms with van der Waals surface area (Å²) in [6.07, 6.45) is 2.43. The largest absolute Gasteiger partial charge is 0.376 e. The van der Waals surface area contributed by atoms with Crippen LogP contribution < -0.4 is 0 Å². The van der Waals surface area contributed by atoms with Crippen LogP contribution in [0.1, 0.15) is 33.1 Å². The molecule has 0 aromatic heterocycles. The highest BCUT2D eigenvalue weighted by molar-refractivity contribution is 7.91. The van der Waals surface area contributed by atoms with Gasteiger partial charge in [-0.2, -0.15) is 0 Å². The summed E-state index contributed by atoms with van der Waals surface area (Å²) in [7, 11) is -3.06. The van der Waals surface area contributed by atoms with Gasteiger partial charge >= 0.3 is 0 Å². The maximum atomic E-state index is 13.2. The van der Waals surface area contributed by atoms with Crippen LogP contribution in [0.5, 0.6) is 0 Å². The minimum Gasteiger partial charge on any atom is -0.376 e. The van der Waals surface area contributed by atoms with Crippen molar-refractivity contribution in [2.75, 3.05) is 77.0 Å². The molecule has 9 nitrogen and oxygen atoms in total. The Morgan fingerprint density at radius 1 is 0.968 bits per heavy atom. The molecular weight excluding hydrogens is 420 g/mol. The molecule has 3 aliphatic heterocycles. The van der Waals surface area contributed by atoms with Crippen LogP contribution in [0, 0.1) is 0 Å². The molecule has 2 atom stereocenters. The zero-order valence-corrected chi connectivity index (χ0v) is 19.8. The average molecular weight is 459 g/mol. The number of carbonyl (C=O) groups excluding carboxylic acids is 2. The summed E-state index contributed by atoms with van der Waals surface area (Å²) in [6, 6.07) is -0.241. The van der Waals surface area contributed by atoms with Gasteiger partial charge in [0.15, 0.2) is 9.84 Å². The van der Waals surface area contributed by atoms with E-state index in [2.05, 4.69) is 9.80 Å². The second-order valence-electron chi connectivity index (χ2n) is 8.86. The van der Waals surface area contributed by atoms with E-state index < -0.39 is 9.84 Å². The van der Waals surface area contributed by atoms with Crippen LogP contribution in [-0.4, -0.2) is 129 Å². The van der Waals surface area contributed by atoms with Gasteiger partial charge in [0.05, 0.1) is 30.7 Å². The van der Waals surface area contributed by atoms with Crippen LogP contribution in [0.25, 0.3) is 0 Å². The smallest absolute Gasteiger partial charge is 0.237 e. The van der Waals surface area contributed by atoms with Gasteiger partial charge in [-0.3, -0.25) is 19.4 Å². The summed E-state index contributed by atoms with van der Waals surface area (Å²) >= 11 is 0. The van der Waals surface area contributed by atoms with Gasteiger partial charge < -0.3 is 14.5 Å². The lowest BCUT2D eigenvalue weighted by Gasteiger charge is -2.37. The average Bonchev–Trinajstić information content (AvgIpc) is 3.37. The first-order valence-corrected chi connectivity index (χ1v) is 13.5. The Kier molecular flexibility index (Phi) is 8.72. The Morgan fingerprint density at radius 2 is 1.58 bits per heavy atom. The Hall–Kier alpha value is -1.23. The molecule has 3 rings (SSSR count). The van der Waals surface area contributed by atoms with Crippen LogP contribution in [0.4, 0.5) is 0 Å². The molecule has 0 N–H and O–H groups in total. The lowest BCUT2D eigenvalue weighted by molar-refractivity contribution is -0.137. The van der Waals surface area contributed by atoms with Crippen molar-refractivity contribution in [3.05, 3.63) is 0 Å². The van der Waals surface area contributed by atoms with Gasteiger partial charge in [0.2, 0.25) is 11.8 Å². The molecule has 0 aromatic rings. The molecule has 2 unspecified atom stereocenters. The van der Waals surface area contributed by atoms with Gasteiger partial charge in [-0.15, -0.1) is 0 Å². The van der Waals surface area contributed by atoms with Crippen molar-refractivity contribution >= 4 is 21.7 Å². The Balaban J connectivity index is 1.51. The molecule has 3 heterocycles. The second-order valence-corrected chi connectivity index (χ2v) is 11.1. The maximum absolute atomic E-state index is 13.2. The van der Waals surface area contributed by atoms with E-state index in [4.69, 9.17) is 4.74 Å². The third-order valence-corrected chi connectivity index (χ3v) is 8.44. The van der Waals surface area contributed by atoms with E-state index >= 15 is 0 Å². The number of carbonyl (C=O) groups is 2. The fourth-order valence-electron chi connectivity index (χ4n) is 4.74. The molecule has 0 bridgehead atoms. The van der Waals surface area contributed by atoms with Gasteiger partial charge in [-0.05, 0) is 33.1 Å². The van der Waals surface area contributed by atoms with Crippen LogP contribution in [0.3, 0.4) is 0 Å². The number of hydrogen-bond donors (Lipinski definition) is 0. The molecule has 178 valence electrons. The zero-order valence-electron chi connectivity index (χ0n) is 19.0. The molecule has 3 aliphatic rings. The minimum atomic E-state index is -3.06. The van der Waals surface area contributed by atoms with Crippen molar-refractivity contribution in [2.45, 2.75) is 45.3 Å². The van der Waals surface area contributed by atoms with Crippen molar-refractivity contribution in [1.82, 2.24) is 19.6 Å². The fourth-order valence-corrected chi connectivity index (χ4v) is 6.47. The van der Waals surface area contributed by atoms with Crippen molar-refractivity contribution in [2.24, 2.45) is 0 Å². The predicted molar refractivity (Wildman–Crippen MR) is 119 cm³/mol. The summed E-state index contributed by atoms with van der Waals surface area (Å²) < 4.78 is 29.7. The van der Waals surface area contributed by atoms with E-state index in [0.717, 1.165) is 52.1 Å². The lowest BCUT2D eigenvalue weighted by Crippen LogP contribution is -2.54. The number of nitrogens with zero attached hydrogens (tertiary/aromatic N) is 4. The zero-order chi connectivity index (χ0) is 22.4. The van der Waals surface area contributed by atoms with Crippen molar-refractivity contribution < 1.29 is 22.7 Å². The summed E-state index contributed by atoms with van der Waals surface area (Å²) in [5.41, 5.74) is 0. The van der Waals surface area contributed by atoms with E-state index in [9.17, 15) is 18.0 Å². The summed E-state index contributed by atoms with van der Waals surface area (Å²) in [5.74, 6) is 0.365. The number of ether oxygens (including phenoxy) is 1. The number of rotatable bonds is 9. The van der Waals surface area contributed by atoms with Crippen molar-refractivity contribution in [1.29, 1.82) is 0 Å². The van der Waals surface area contributed by atoms with Crippen LogP contribution in [-0.2, 0) is 24.2 Å². The van der Waals surface area contributed by atoms with E-state index in [1.807, 2.05) is 18.7 Å². The van der Waals surface area contributed by atoms with Gasteiger partial charge in [0, 0.05) is 58.5 Å². The normalized spacial score (nSPS) is 26.8. The molecule has 10 heteroatoms. The Bertz CT molecular complexity index is 713. The molecule has 3 saturated heterocycles. The lowest BCUT2D eigenvalue weighted by atomic mass is 10.1. The Morgan fingerprint density at radius 3 is 2.06 bits per heavy atom. The third-order valence-electron chi connectivity index (χ3n) is 6.69. The van der Waals surface area contributed by atoms with E-state index in [1.54, 1.807) is 4.90 Å². The number of sulfone groups is 1. The third kappa shape index (κ3) is 6.87. The molecule has 3 fully saturated rings. The SMILES string of the molecule is CCN(CC)C(=O)CN1CCN(CC(=O)N(CC2CCCO2)C2CCS(=O)(=O)C2)CC1. The predicted octanol–water partition coefficient (Wildman–Crippen LogP) is -0.333. The molecule has 31 heavy (non-hydrogen) atoms. The van der Waals surface area contributed by atoms with Crippen molar-refractivity contribution in [3.8, 4) is 0 Å². The first-order valence-electron chi connectivity index (χ1n) is 11.6. The van der Waals surface area contributed by atoms with Crippen LogP contribution in [0.15, 0.2) is 0 Å². The number of amides is 2. The maximum Gasteiger partial charge on any atom is 0.237 e. The first-order chi connectivity index (χ1) is 14.8. The van der Waals surface area contributed by atoms with Gasteiger partial charge in [0.1, 0.15) is 0 Å². The molecule has 0 aliphatic carbocycles. The van der Waals surface area contributed by atoms with Crippen LogP contribution >= 0.6 is 0 Å². The molecule has 0 radical (unpaired) electrons. The highest BCUT2D eigenvalue weighted by Gasteiger charge is 2.37. The summed E-state index contributed by atoms with van der Waals surface area (Å²) in [6.45, 7) is 10.3. The van der Waals surface area contributed by atoms with E-state index in [0.29, 0.717) is 32.7 Å².